The molecule has 0 spiro atoms. The molecular weight excluding hydrogens is 811 g/mol. The van der Waals surface area contributed by atoms with Crippen LogP contribution in [0.15, 0.2) is 265 Å². The Hall–Kier alpha value is -8.72. The van der Waals surface area contributed by atoms with Gasteiger partial charge in [0.25, 0.3) is 0 Å². The highest BCUT2D eigenvalue weighted by atomic mass is 16.3. The Balaban J connectivity index is 1.11. The Morgan fingerprint density at radius 2 is 0.866 bits per heavy atom. The Morgan fingerprint density at radius 3 is 1.60 bits per heavy atom. The molecule has 2 heteroatoms. The number of benzene rings is 11. The standard InChI is InChI=1S/C65H43NO/c1-5-21-44(22-6-1)46-25-19-30-49(41-46)66(50-39-40-55-54-34-17-18-36-59(54)65(60(55)42-50,47-26-9-3-10-27-47)48-28-11-4-12-29-48)61-37-20-38-62-63(61)58-43-57(53-33-15-16-35-56(53)64(58)67-62)52-32-14-13-31-51(52)45-23-7-2-8-24-45/h1-43H. The number of anilines is 3. The van der Waals surface area contributed by atoms with E-state index in [1.54, 1.807) is 0 Å². The molecule has 0 aliphatic heterocycles. The van der Waals surface area contributed by atoms with E-state index in [1.807, 2.05) is 0 Å². The van der Waals surface area contributed by atoms with E-state index in [1.165, 1.54) is 61.2 Å². The molecule has 67 heavy (non-hydrogen) atoms. The average molecular weight is 854 g/mol. The average Bonchev–Trinajstić information content (AvgIpc) is 3.94. The second kappa shape index (κ2) is 15.8. The molecule has 0 saturated heterocycles. The number of hydrogen-bond donors (Lipinski definition) is 0. The first-order valence-electron chi connectivity index (χ1n) is 23.1. The third kappa shape index (κ3) is 6.11. The quantitative estimate of drug-likeness (QED) is 0.151. The second-order valence-corrected chi connectivity index (χ2v) is 17.5. The van der Waals surface area contributed by atoms with Crippen LogP contribution in [0.2, 0.25) is 0 Å². The van der Waals surface area contributed by atoms with Crippen LogP contribution in [0.3, 0.4) is 0 Å². The van der Waals surface area contributed by atoms with Crippen LogP contribution in [-0.4, -0.2) is 0 Å². The fourth-order valence-corrected chi connectivity index (χ4v) is 11.1. The zero-order valence-electron chi connectivity index (χ0n) is 36.7. The first kappa shape index (κ1) is 38.7. The largest absolute Gasteiger partial charge is 0.455 e. The van der Waals surface area contributed by atoms with Crippen LogP contribution < -0.4 is 4.90 Å². The molecule has 11 aromatic carbocycles. The summed E-state index contributed by atoms with van der Waals surface area (Å²) < 4.78 is 7.07. The minimum Gasteiger partial charge on any atom is -0.455 e. The number of nitrogens with zero attached hydrogens (tertiary/aromatic N) is 1. The first-order chi connectivity index (χ1) is 33.3. The maximum Gasteiger partial charge on any atom is 0.143 e. The molecule has 0 amide bonds. The summed E-state index contributed by atoms with van der Waals surface area (Å²) in [5, 5.41) is 4.38. The molecule has 0 atom stereocenters. The molecule has 1 aromatic heterocycles. The van der Waals surface area contributed by atoms with Crippen LogP contribution in [-0.2, 0) is 5.41 Å². The van der Waals surface area contributed by atoms with Crippen LogP contribution in [0.5, 0.6) is 0 Å². The molecular formula is C65H43NO. The van der Waals surface area contributed by atoms with E-state index in [2.05, 4.69) is 266 Å². The van der Waals surface area contributed by atoms with Gasteiger partial charge in [-0.15, -0.1) is 0 Å². The topological polar surface area (TPSA) is 16.4 Å². The fraction of sp³-hybridized carbons (Fsp3) is 0.0154. The highest BCUT2D eigenvalue weighted by Gasteiger charge is 2.46. The van der Waals surface area contributed by atoms with Crippen molar-refractivity contribution >= 4 is 49.8 Å². The molecule has 13 rings (SSSR count). The van der Waals surface area contributed by atoms with Gasteiger partial charge in [-0.1, -0.05) is 218 Å². The Bertz CT molecular complexity index is 3760. The smallest absolute Gasteiger partial charge is 0.143 e. The third-order valence-electron chi connectivity index (χ3n) is 13.9. The van der Waals surface area contributed by atoms with Crippen molar-refractivity contribution < 1.29 is 4.42 Å². The SMILES string of the molecule is c1ccc(-c2cccc(N(c3ccc4c(c3)C(c3ccccc3)(c3ccccc3)c3ccccc3-4)c3cccc4oc5c6ccccc6c(-c6ccccc6-c6ccccc6)cc5c34)c2)cc1. The monoisotopic (exact) mass is 853 g/mol. The lowest BCUT2D eigenvalue weighted by atomic mass is 9.67. The van der Waals surface area contributed by atoms with E-state index >= 15 is 0 Å². The minimum absolute atomic E-state index is 0.559. The molecule has 0 unspecified atom stereocenters. The molecule has 0 N–H and O–H groups in total. The number of furan rings is 1. The molecule has 1 aliphatic carbocycles. The molecule has 0 radical (unpaired) electrons. The Morgan fingerprint density at radius 1 is 0.313 bits per heavy atom. The van der Waals surface area contributed by atoms with Gasteiger partial charge in [0.1, 0.15) is 11.2 Å². The Kier molecular flexibility index (Phi) is 9.11. The highest BCUT2D eigenvalue weighted by molar-refractivity contribution is 6.23. The lowest BCUT2D eigenvalue weighted by Crippen LogP contribution is -2.28. The van der Waals surface area contributed by atoms with Crippen LogP contribution in [0.4, 0.5) is 17.1 Å². The summed E-state index contributed by atoms with van der Waals surface area (Å²) in [6.07, 6.45) is 0. The summed E-state index contributed by atoms with van der Waals surface area (Å²) in [5.74, 6) is 0. The summed E-state index contributed by atoms with van der Waals surface area (Å²) in [6, 6.07) is 95.0. The molecule has 1 heterocycles. The number of hydrogen-bond acceptors (Lipinski definition) is 2. The van der Waals surface area contributed by atoms with Crippen LogP contribution in [0.25, 0.3) is 77.2 Å². The van der Waals surface area contributed by atoms with Gasteiger partial charge in [0.05, 0.1) is 16.5 Å². The van der Waals surface area contributed by atoms with E-state index in [-0.39, 0.29) is 0 Å². The summed E-state index contributed by atoms with van der Waals surface area (Å²) >= 11 is 0. The van der Waals surface area contributed by atoms with Gasteiger partial charge in [0.15, 0.2) is 0 Å². The van der Waals surface area contributed by atoms with Crippen molar-refractivity contribution in [2.75, 3.05) is 4.90 Å². The van der Waals surface area contributed by atoms with Crippen molar-refractivity contribution in [3.05, 3.63) is 283 Å². The van der Waals surface area contributed by atoms with Crippen LogP contribution in [0.1, 0.15) is 22.3 Å². The summed E-state index contributed by atoms with van der Waals surface area (Å²) in [7, 11) is 0. The van der Waals surface area contributed by atoms with Crippen molar-refractivity contribution in [1.29, 1.82) is 0 Å². The molecule has 0 bridgehead atoms. The van der Waals surface area contributed by atoms with Crippen LogP contribution >= 0.6 is 0 Å². The minimum atomic E-state index is -0.559. The summed E-state index contributed by atoms with van der Waals surface area (Å²) in [4.78, 5) is 2.46. The zero-order chi connectivity index (χ0) is 44.3. The van der Waals surface area contributed by atoms with E-state index < -0.39 is 5.41 Å². The zero-order valence-corrected chi connectivity index (χ0v) is 36.7. The highest BCUT2D eigenvalue weighted by Crippen LogP contribution is 2.58. The van der Waals surface area contributed by atoms with Gasteiger partial charge >= 0.3 is 0 Å². The third-order valence-corrected chi connectivity index (χ3v) is 13.9. The molecule has 0 saturated carbocycles. The van der Waals surface area contributed by atoms with Crippen molar-refractivity contribution in [3.8, 4) is 44.5 Å². The van der Waals surface area contributed by atoms with Gasteiger partial charge in [-0.3, -0.25) is 0 Å². The van der Waals surface area contributed by atoms with E-state index in [0.717, 1.165) is 55.3 Å². The predicted octanol–water partition coefficient (Wildman–Crippen LogP) is 17.6. The molecule has 12 aromatic rings. The van der Waals surface area contributed by atoms with E-state index in [4.69, 9.17) is 4.42 Å². The van der Waals surface area contributed by atoms with Crippen LogP contribution in [0, 0.1) is 0 Å². The molecule has 2 nitrogen and oxygen atoms in total. The molecule has 1 aliphatic rings. The normalized spacial score (nSPS) is 12.6. The van der Waals surface area contributed by atoms with E-state index in [9.17, 15) is 0 Å². The van der Waals surface area contributed by atoms with Gasteiger partial charge in [-0.25, -0.2) is 0 Å². The predicted molar refractivity (Wildman–Crippen MR) is 280 cm³/mol. The maximum absolute atomic E-state index is 7.07. The Labute approximate surface area is 390 Å². The first-order valence-corrected chi connectivity index (χ1v) is 23.1. The summed E-state index contributed by atoms with van der Waals surface area (Å²) in [5.41, 5.74) is 18.9. The van der Waals surface area contributed by atoms with Gasteiger partial charge in [0, 0.05) is 22.1 Å². The summed E-state index contributed by atoms with van der Waals surface area (Å²) in [6.45, 7) is 0. The fourth-order valence-electron chi connectivity index (χ4n) is 11.1. The maximum atomic E-state index is 7.07. The van der Waals surface area contributed by atoms with Crippen molar-refractivity contribution in [2.45, 2.75) is 5.41 Å². The van der Waals surface area contributed by atoms with Gasteiger partial charge < -0.3 is 9.32 Å². The van der Waals surface area contributed by atoms with Gasteiger partial charge in [0.2, 0.25) is 0 Å². The van der Waals surface area contributed by atoms with Gasteiger partial charge in [-0.05, 0) is 115 Å². The lowest BCUT2D eigenvalue weighted by Gasteiger charge is -2.35. The van der Waals surface area contributed by atoms with Crippen molar-refractivity contribution in [3.63, 3.8) is 0 Å². The number of rotatable bonds is 8. The van der Waals surface area contributed by atoms with Gasteiger partial charge in [-0.2, -0.15) is 0 Å². The lowest BCUT2D eigenvalue weighted by molar-refractivity contribution is 0.672. The van der Waals surface area contributed by atoms with Crippen molar-refractivity contribution in [1.82, 2.24) is 0 Å². The van der Waals surface area contributed by atoms with Crippen molar-refractivity contribution in [2.24, 2.45) is 0 Å². The van der Waals surface area contributed by atoms with E-state index in [0.29, 0.717) is 0 Å². The molecule has 314 valence electrons. The second-order valence-electron chi connectivity index (χ2n) is 17.5. The molecule has 0 fully saturated rings. The number of fused-ring (bicyclic) bond motifs is 8.